The average molecular weight is 220 g/mol. The minimum Gasteiger partial charge on any atom is -0.491 e. The van der Waals surface area contributed by atoms with Crippen LogP contribution < -0.4 is 4.74 Å². The molecule has 0 saturated carbocycles. The summed E-state index contributed by atoms with van der Waals surface area (Å²) in [5.74, 6) is 0.995. The number of ether oxygens (including phenoxy) is 2. The molecule has 1 heterocycles. The van der Waals surface area contributed by atoms with Crippen molar-refractivity contribution in [2.24, 2.45) is 0 Å². The van der Waals surface area contributed by atoms with Crippen molar-refractivity contribution < 1.29 is 9.47 Å². The predicted octanol–water partition coefficient (Wildman–Crippen LogP) is 3.25. The number of rotatable bonds is 3. The average Bonchev–Trinajstić information content (AvgIpc) is 2.32. The zero-order chi connectivity index (χ0) is 11.4. The second kappa shape index (κ2) is 5.35. The summed E-state index contributed by atoms with van der Waals surface area (Å²) >= 11 is 0. The Labute approximate surface area is 97.6 Å². The summed E-state index contributed by atoms with van der Waals surface area (Å²) in [6, 6.07) is 6.18. The Balaban J connectivity index is 1.91. The van der Waals surface area contributed by atoms with Crippen LogP contribution in [0.3, 0.4) is 0 Å². The van der Waals surface area contributed by atoms with Crippen LogP contribution in [0.15, 0.2) is 18.2 Å². The van der Waals surface area contributed by atoms with Crippen LogP contribution in [0.4, 0.5) is 0 Å². The lowest BCUT2D eigenvalue weighted by molar-refractivity contribution is -0.0112. The van der Waals surface area contributed by atoms with Gasteiger partial charge < -0.3 is 9.47 Å². The lowest BCUT2D eigenvalue weighted by Gasteiger charge is -2.23. The summed E-state index contributed by atoms with van der Waals surface area (Å²) in [5.41, 5.74) is 2.51. The zero-order valence-electron chi connectivity index (χ0n) is 10.2. The van der Waals surface area contributed by atoms with Crippen molar-refractivity contribution in [3.8, 4) is 5.75 Å². The van der Waals surface area contributed by atoms with Crippen molar-refractivity contribution in [2.45, 2.75) is 39.2 Å². The summed E-state index contributed by atoms with van der Waals surface area (Å²) in [4.78, 5) is 0. The molecule has 2 heteroatoms. The SMILES string of the molecule is Cc1cccc(OCC2CCCCO2)c1C. The van der Waals surface area contributed by atoms with E-state index < -0.39 is 0 Å². The van der Waals surface area contributed by atoms with Gasteiger partial charge in [0.1, 0.15) is 12.4 Å². The minimum absolute atomic E-state index is 0.286. The summed E-state index contributed by atoms with van der Waals surface area (Å²) in [7, 11) is 0. The van der Waals surface area contributed by atoms with Crippen LogP contribution in [0.2, 0.25) is 0 Å². The molecule has 2 nitrogen and oxygen atoms in total. The first-order chi connectivity index (χ1) is 7.77. The smallest absolute Gasteiger partial charge is 0.122 e. The first-order valence-electron chi connectivity index (χ1n) is 6.08. The first kappa shape index (κ1) is 11.5. The zero-order valence-corrected chi connectivity index (χ0v) is 10.2. The fourth-order valence-electron chi connectivity index (χ4n) is 2.00. The maximum atomic E-state index is 5.83. The molecule has 1 aromatic carbocycles. The molecule has 16 heavy (non-hydrogen) atoms. The second-order valence-corrected chi connectivity index (χ2v) is 4.50. The third kappa shape index (κ3) is 2.76. The van der Waals surface area contributed by atoms with Crippen LogP contribution in [0.25, 0.3) is 0 Å². The molecular formula is C14H20O2. The summed E-state index contributed by atoms with van der Waals surface area (Å²) in [6.45, 7) is 5.79. The Morgan fingerprint density at radius 2 is 2.19 bits per heavy atom. The molecule has 0 amide bonds. The van der Waals surface area contributed by atoms with E-state index in [0.717, 1.165) is 18.8 Å². The molecule has 0 N–H and O–H groups in total. The highest BCUT2D eigenvalue weighted by Crippen LogP contribution is 2.22. The molecule has 88 valence electrons. The number of hydrogen-bond acceptors (Lipinski definition) is 2. The Morgan fingerprint density at radius 1 is 1.31 bits per heavy atom. The standard InChI is InChI=1S/C14H20O2/c1-11-6-5-8-14(12(11)2)16-10-13-7-3-4-9-15-13/h5-6,8,13H,3-4,7,9-10H2,1-2H3. The van der Waals surface area contributed by atoms with E-state index in [1.165, 1.54) is 24.0 Å². The maximum Gasteiger partial charge on any atom is 0.122 e. The topological polar surface area (TPSA) is 18.5 Å². The van der Waals surface area contributed by atoms with E-state index >= 15 is 0 Å². The Kier molecular flexibility index (Phi) is 3.83. The molecule has 1 atom stereocenters. The van der Waals surface area contributed by atoms with Gasteiger partial charge in [-0.1, -0.05) is 12.1 Å². The highest BCUT2D eigenvalue weighted by molar-refractivity contribution is 5.38. The predicted molar refractivity (Wildman–Crippen MR) is 65.0 cm³/mol. The summed E-state index contributed by atoms with van der Waals surface area (Å²) < 4.78 is 11.5. The van der Waals surface area contributed by atoms with Gasteiger partial charge in [-0.2, -0.15) is 0 Å². The normalized spacial score (nSPS) is 20.8. The number of benzene rings is 1. The Bertz CT molecular complexity index is 341. The summed E-state index contributed by atoms with van der Waals surface area (Å²) in [6.07, 6.45) is 3.87. The van der Waals surface area contributed by atoms with Gasteiger partial charge in [-0.15, -0.1) is 0 Å². The van der Waals surface area contributed by atoms with Crippen LogP contribution in [-0.2, 0) is 4.74 Å². The highest BCUT2D eigenvalue weighted by atomic mass is 16.5. The molecule has 0 aromatic heterocycles. The number of aryl methyl sites for hydroxylation is 1. The Morgan fingerprint density at radius 3 is 2.94 bits per heavy atom. The van der Waals surface area contributed by atoms with Crippen LogP contribution in [0.5, 0.6) is 5.75 Å². The van der Waals surface area contributed by atoms with Gasteiger partial charge in [0.05, 0.1) is 6.10 Å². The van der Waals surface area contributed by atoms with Gasteiger partial charge >= 0.3 is 0 Å². The molecule has 1 aliphatic heterocycles. The molecule has 0 radical (unpaired) electrons. The molecule has 2 rings (SSSR count). The van der Waals surface area contributed by atoms with Crippen LogP contribution in [0.1, 0.15) is 30.4 Å². The van der Waals surface area contributed by atoms with Gasteiger partial charge in [-0.05, 0) is 50.3 Å². The van der Waals surface area contributed by atoms with E-state index in [2.05, 4.69) is 19.9 Å². The van der Waals surface area contributed by atoms with E-state index in [-0.39, 0.29) is 6.10 Å². The monoisotopic (exact) mass is 220 g/mol. The van der Waals surface area contributed by atoms with Gasteiger partial charge in [-0.3, -0.25) is 0 Å². The highest BCUT2D eigenvalue weighted by Gasteiger charge is 2.14. The summed E-state index contributed by atoms with van der Waals surface area (Å²) in [5, 5.41) is 0. The molecule has 1 saturated heterocycles. The van der Waals surface area contributed by atoms with Crippen molar-refractivity contribution >= 4 is 0 Å². The quantitative estimate of drug-likeness (QED) is 0.778. The van der Waals surface area contributed by atoms with Crippen LogP contribution >= 0.6 is 0 Å². The molecule has 0 bridgehead atoms. The Hall–Kier alpha value is -1.02. The molecule has 1 fully saturated rings. The van der Waals surface area contributed by atoms with Crippen molar-refractivity contribution in [1.82, 2.24) is 0 Å². The van der Waals surface area contributed by atoms with Crippen LogP contribution in [-0.4, -0.2) is 19.3 Å². The second-order valence-electron chi connectivity index (χ2n) is 4.50. The minimum atomic E-state index is 0.286. The largest absolute Gasteiger partial charge is 0.491 e. The fraction of sp³-hybridized carbons (Fsp3) is 0.571. The lowest BCUT2D eigenvalue weighted by Crippen LogP contribution is -2.25. The molecule has 1 unspecified atom stereocenters. The van der Waals surface area contributed by atoms with E-state index in [1.807, 2.05) is 12.1 Å². The molecular weight excluding hydrogens is 200 g/mol. The van der Waals surface area contributed by atoms with Gasteiger partial charge in [0.25, 0.3) is 0 Å². The van der Waals surface area contributed by atoms with Crippen LogP contribution in [0, 0.1) is 13.8 Å². The third-order valence-corrected chi connectivity index (χ3v) is 3.25. The van der Waals surface area contributed by atoms with E-state index in [9.17, 15) is 0 Å². The van der Waals surface area contributed by atoms with Crippen molar-refractivity contribution in [3.63, 3.8) is 0 Å². The van der Waals surface area contributed by atoms with Gasteiger partial charge in [-0.25, -0.2) is 0 Å². The van der Waals surface area contributed by atoms with E-state index in [1.54, 1.807) is 0 Å². The van der Waals surface area contributed by atoms with Crippen molar-refractivity contribution in [3.05, 3.63) is 29.3 Å². The molecule has 0 aliphatic carbocycles. The lowest BCUT2D eigenvalue weighted by atomic mass is 10.1. The molecule has 1 aromatic rings. The van der Waals surface area contributed by atoms with Gasteiger partial charge in [0, 0.05) is 6.61 Å². The molecule has 0 spiro atoms. The van der Waals surface area contributed by atoms with E-state index in [4.69, 9.17) is 9.47 Å². The van der Waals surface area contributed by atoms with Gasteiger partial charge in [0.15, 0.2) is 0 Å². The number of hydrogen-bond donors (Lipinski definition) is 0. The first-order valence-corrected chi connectivity index (χ1v) is 6.08. The fourth-order valence-corrected chi connectivity index (χ4v) is 2.00. The van der Waals surface area contributed by atoms with E-state index in [0.29, 0.717) is 6.61 Å². The maximum absolute atomic E-state index is 5.83. The van der Waals surface area contributed by atoms with Crippen molar-refractivity contribution in [1.29, 1.82) is 0 Å². The third-order valence-electron chi connectivity index (χ3n) is 3.25. The van der Waals surface area contributed by atoms with Crippen molar-refractivity contribution in [2.75, 3.05) is 13.2 Å². The molecule has 1 aliphatic rings. The van der Waals surface area contributed by atoms with Gasteiger partial charge in [0.2, 0.25) is 0 Å².